The Morgan fingerprint density at radius 3 is 3.11 bits per heavy atom. The van der Waals surface area contributed by atoms with E-state index in [1.807, 2.05) is 0 Å². The number of ether oxygens (including phenoxy) is 1. The molecule has 0 radical (unpaired) electrons. The lowest BCUT2D eigenvalue weighted by Crippen LogP contribution is -2.25. The van der Waals surface area contributed by atoms with Gasteiger partial charge in [0.15, 0.2) is 0 Å². The van der Waals surface area contributed by atoms with Crippen molar-refractivity contribution >= 4 is 9.52 Å². The summed E-state index contributed by atoms with van der Waals surface area (Å²) in [5, 5.41) is 0. The zero-order chi connectivity index (χ0) is 6.53. The molecule has 0 bridgehead atoms. The monoisotopic (exact) mass is 144 g/mol. The fraction of sp³-hybridized carbons (Fsp3) is 1.00. The van der Waals surface area contributed by atoms with Gasteiger partial charge in [-0.1, -0.05) is 19.4 Å². The molecule has 0 aromatic carbocycles. The smallest absolute Gasteiger partial charge is 0.0556 e. The molecule has 1 rings (SSSR count). The van der Waals surface area contributed by atoms with Gasteiger partial charge in [0.05, 0.1) is 9.52 Å². The van der Waals surface area contributed by atoms with E-state index >= 15 is 0 Å². The summed E-state index contributed by atoms with van der Waals surface area (Å²) in [7, 11) is 0.189. The standard InChI is InChI=1S/C7H16OSi/c1-2-4-7-8-5-3-6-9-7/h7H,2-6,9H2,1H3. The van der Waals surface area contributed by atoms with Crippen molar-refractivity contribution < 1.29 is 4.74 Å². The van der Waals surface area contributed by atoms with Crippen LogP contribution in [-0.4, -0.2) is 21.9 Å². The Kier molecular flexibility index (Phi) is 3.29. The Morgan fingerprint density at radius 1 is 1.67 bits per heavy atom. The molecule has 1 saturated heterocycles. The van der Waals surface area contributed by atoms with Crippen LogP contribution in [0.1, 0.15) is 26.2 Å². The highest BCUT2D eigenvalue weighted by molar-refractivity contribution is 6.37. The van der Waals surface area contributed by atoms with E-state index in [9.17, 15) is 0 Å². The lowest BCUT2D eigenvalue weighted by Gasteiger charge is -2.21. The molecule has 2 heteroatoms. The van der Waals surface area contributed by atoms with Crippen LogP contribution in [0.3, 0.4) is 0 Å². The van der Waals surface area contributed by atoms with Crippen molar-refractivity contribution in [3.05, 3.63) is 0 Å². The third kappa shape index (κ3) is 2.50. The molecule has 54 valence electrons. The first-order chi connectivity index (χ1) is 4.43. The molecule has 0 aliphatic carbocycles. The predicted molar refractivity (Wildman–Crippen MR) is 42.6 cm³/mol. The van der Waals surface area contributed by atoms with Gasteiger partial charge in [0.2, 0.25) is 0 Å². The Hall–Kier alpha value is 0.177. The molecule has 0 amide bonds. The molecule has 1 aliphatic rings. The van der Waals surface area contributed by atoms with Gasteiger partial charge in [-0.15, -0.1) is 0 Å². The van der Waals surface area contributed by atoms with E-state index in [2.05, 4.69) is 6.92 Å². The molecule has 1 heterocycles. The lowest BCUT2D eigenvalue weighted by molar-refractivity contribution is 0.0883. The zero-order valence-electron chi connectivity index (χ0n) is 6.23. The third-order valence-electron chi connectivity index (χ3n) is 1.88. The van der Waals surface area contributed by atoms with Gasteiger partial charge in [0, 0.05) is 12.3 Å². The van der Waals surface area contributed by atoms with Crippen molar-refractivity contribution in [2.45, 2.75) is 38.0 Å². The molecule has 0 aromatic rings. The first-order valence-electron chi connectivity index (χ1n) is 4.05. The van der Waals surface area contributed by atoms with Crippen molar-refractivity contribution in [2.24, 2.45) is 0 Å². The molecule has 0 N–H and O–H groups in total. The van der Waals surface area contributed by atoms with Crippen LogP contribution in [0.25, 0.3) is 0 Å². The summed E-state index contributed by atoms with van der Waals surface area (Å²) in [6.45, 7) is 3.28. The highest BCUT2D eigenvalue weighted by Gasteiger charge is 2.11. The lowest BCUT2D eigenvalue weighted by atomic mass is 10.3. The van der Waals surface area contributed by atoms with Crippen LogP contribution in [0, 0.1) is 0 Å². The highest BCUT2D eigenvalue weighted by Crippen LogP contribution is 2.09. The Balaban J connectivity index is 2.08. The minimum Gasteiger partial charge on any atom is -0.382 e. The van der Waals surface area contributed by atoms with E-state index in [1.165, 1.54) is 25.3 Å². The van der Waals surface area contributed by atoms with Gasteiger partial charge in [-0.25, -0.2) is 0 Å². The first-order valence-corrected chi connectivity index (χ1v) is 5.86. The molecule has 1 aliphatic heterocycles. The van der Waals surface area contributed by atoms with E-state index < -0.39 is 0 Å². The largest absolute Gasteiger partial charge is 0.382 e. The van der Waals surface area contributed by atoms with Gasteiger partial charge in [-0.2, -0.15) is 0 Å². The molecule has 1 atom stereocenters. The van der Waals surface area contributed by atoms with Crippen molar-refractivity contribution in [3.63, 3.8) is 0 Å². The molecule has 1 unspecified atom stereocenters. The van der Waals surface area contributed by atoms with Crippen LogP contribution in [0.15, 0.2) is 0 Å². The quantitative estimate of drug-likeness (QED) is 0.528. The fourth-order valence-electron chi connectivity index (χ4n) is 1.36. The van der Waals surface area contributed by atoms with E-state index in [4.69, 9.17) is 4.74 Å². The number of hydrogen-bond acceptors (Lipinski definition) is 1. The first kappa shape index (κ1) is 7.29. The molecular formula is C7H16OSi. The van der Waals surface area contributed by atoms with Gasteiger partial charge in [0.25, 0.3) is 0 Å². The van der Waals surface area contributed by atoms with Crippen LogP contribution in [0.2, 0.25) is 6.04 Å². The second-order valence-electron chi connectivity index (χ2n) is 2.78. The summed E-state index contributed by atoms with van der Waals surface area (Å²) < 4.78 is 5.58. The van der Waals surface area contributed by atoms with Crippen molar-refractivity contribution in [3.8, 4) is 0 Å². The molecule has 0 aromatic heterocycles. The maximum Gasteiger partial charge on any atom is 0.0556 e. The van der Waals surface area contributed by atoms with Crippen molar-refractivity contribution in [1.82, 2.24) is 0 Å². The van der Waals surface area contributed by atoms with Crippen LogP contribution < -0.4 is 0 Å². The van der Waals surface area contributed by atoms with E-state index in [1.54, 1.807) is 0 Å². The zero-order valence-corrected chi connectivity index (χ0v) is 7.64. The minimum absolute atomic E-state index is 0.189. The maximum absolute atomic E-state index is 5.58. The van der Waals surface area contributed by atoms with Gasteiger partial charge in [-0.05, 0) is 12.8 Å². The molecular weight excluding hydrogens is 128 g/mol. The molecule has 0 saturated carbocycles. The van der Waals surface area contributed by atoms with E-state index in [0.717, 1.165) is 12.3 Å². The van der Waals surface area contributed by atoms with Crippen molar-refractivity contribution in [1.29, 1.82) is 0 Å². The Labute approximate surface area is 59.6 Å². The average molecular weight is 144 g/mol. The second kappa shape index (κ2) is 4.07. The molecule has 9 heavy (non-hydrogen) atoms. The normalized spacial score (nSPS) is 31.0. The Bertz CT molecular complexity index is 66.6. The number of rotatable bonds is 2. The summed E-state index contributed by atoms with van der Waals surface area (Å²) in [5.41, 5.74) is 0.740. The molecule has 0 spiro atoms. The van der Waals surface area contributed by atoms with E-state index in [0.29, 0.717) is 0 Å². The third-order valence-corrected chi connectivity index (χ3v) is 4.08. The van der Waals surface area contributed by atoms with Gasteiger partial charge in [0.1, 0.15) is 0 Å². The minimum atomic E-state index is 0.189. The second-order valence-corrected chi connectivity index (χ2v) is 4.97. The van der Waals surface area contributed by atoms with Crippen LogP contribution in [-0.2, 0) is 4.74 Å². The summed E-state index contributed by atoms with van der Waals surface area (Å²) in [6, 6.07) is 1.52. The van der Waals surface area contributed by atoms with Crippen LogP contribution in [0.4, 0.5) is 0 Å². The van der Waals surface area contributed by atoms with Gasteiger partial charge < -0.3 is 4.74 Å². The predicted octanol–water partition coefficient (Wildman–Crippen LogP) is 1.12. The number of hydrogen-bond donors (Lipinski definition) is 0. The average Bonchev–Trinajstić information content (AvgIpc) is 1.91. The Morgan fingerprint density at radius 2 is 2.56 bits per heavy atom. The SMILES string of the molecule is CCCC1OCCC[SiH2]1. The fourth-order valence-corrected chi connectivity index (χ4v) is 3.34. The van der Waals surface area contributed by atoms with Crippen LogP contribution in [0.5, 0.6) is 0 Å². The summed E-state index contributed by atoms with van der Waals surface area (Å²) in [4.78, 5) is 0. The van der Waals surface area contributed by atoms with Gasteiger partial charge >= 0.3 is 0 Å². The highest BCUT2D eigenvalue weighted by atomic mass is 28.2. The van der Waals surface area contributed by atoms with Gasteiger partial charge in [-0.3, -0.25) is 0 Å². The molecule has 1 fully saturated rings. The van der Waals surface area contributed by atoms with Crippen LogP contribution >= 0.6 is 0 Å². The summed E-state index contributed by atoms with van der Waals surface area (Å²) >= 11 is 0. The summed E-state index contributed by atoms with van der Waals surface area (Å²) in [6.07, 6.45) is 3.97. The van der Waals surface area contributed by atoms with E-state index in [-0.39, 0.29) is 9.52 Å². The van der Waals surface area contributed by atoms with Crippen molar-refractivity contribution in [2.75, 3.05) is 6.61 Å². The topological polar surface area (TPSA) is 9.23 Å². The summed E-state index contributed by atoms with van der Waals surface area (Å²) in [5.74, 6) is 0. The maximum atomic E-state index is 5.58. The molecule has 1 nitrogen and oxygen atoms in total.